The van der Waals surface area contributed by atoms with Crippen LogP contribution >= 0.6 is 0 Å². The predicted octanol–water partition coefficient (Wildman–Crippen LogP) is 2.86. The summed E-state index contributed by atoms with van der Waals surface area (Å²) < 4.78 is 2.59. The van der Waals surface area contributed by atoms with Crippen LogP contribution in [0.5, 0.6) is 0 Å². The lowest BCUT2D eigenvalue weighted by Gasteiger charge is -2.33. The Kier molecular flexibility index (Phi) is 5.09. The Balaban J connectivity index is 1.87. The molecule has 0 N–H and O–H groups in total. The molecule has 1 saturated heterocycles. The highest BCUT2D eigenvalue weighted by Crippen LogP contribution is 2.17. The maximum Gasteiger partial charge on any atom is 0.336 e. The van der Waals surface area contributed by atoms with Gasteiger partial charge in [0.1, 0.15) is 6.54 Å². The molecule has 3 aromatic rings. The Labute approximate surface area is 169 Å². The first kappa shape index (κ1) is 19.2. The number of rotatable bonds is 3. The number of benzene rings is 2. The Morgan fingerprint density at radius 1 is 1.03 bits per heavy atom. The second kappa shape index (κ2) is 7.70. The number of carbonyl (C=O) groups excluding carboxylic acids is 1. The monoisotopic (exact) mass is 391 g/mol. The van der Waals surface area contributed by atoms with Gasteiger partial charge in [-0.05, 0) is 57.4 Å². The number of piperidine rings is 1. The average molecular weight is 391 g/mol. The summed E-state index contributed by atoms with van der Waals surface area (Å²) >= 11 is 0. The zero-order chi connectivity index (χ0) is 20.5. The molecule has 0 bridgehead atoms. The van der Waals surface area contributed by atoms with Crippen LogP contribution < -0.4 is 11.2 Å². The van der Waals surface area contributed by atoms with Crippen molar-refractivity contribution in [1.82, 2.24) is 14.0 Å². The minimum Gasteiger partial charge on any atom is -0.338 e. The van der Waals surface area contributed by atoms with Crippen LogP contribution in [0.4, 0.5) is 0 Å². The summed E-state index contributed by atoms with van der Waals surface area (Å²) in [5.41, 5.74) is 1.17. The van der Waals surface area contributed by atoms with Crippen molar-refractivity contribution in [2.75, 3.05) is 6.54 Å². The molecule has 1 aromatic heterocycles. The number of para-hydroxylation sites is 1. The summed E-state index contributed by atoms with van der Waals surface area (Å²) in [6.45, 7) is 4.63. The Bertz CT molecular complexity index is 1170. The largest absolute Gasteiger partial charge is 0.338 e. The summed E-state index contributed by atoms with van der Waals surface area (Å²) in [5.74, 6) is -0.0847. The first-order valence-corrected chi connectivity index (χ1v) is 10.1. The molecule has 6 heteroatoms. The minimum atomic E-state index is -0.490. The molecule has 1 aliphatic heterocycles. The lowest BCUT2D eigenvalue weighted by molar-refractivity contribution is -0.135. The fourth-order valence-corrected chi connectivity index (χ4v) is 4.09. The Morgan fingerprint density at radius 2 is 1.76 bits per heavy atom. The van der Waals surface area contributed by atoms with Gasteiger partial charge in [0.2, 0.25) is 5.91 Å². The summed E-state index contributed by atoms with van der Waals surface area (Å²) in [5, 5.41) is 0.423. The molecule has 29 heavy (non-hydrogen) atoms. The van der Waals surface area contributed by atoms with Gasteiger partial charge in [-0.2, -0.15) is 0 Å². The van der Waals surface area contributed by atoms with Crippen molar-refractivity contribution in [2.24, 2.45) is 0 Å². The molecular formula is C23H25N3O3. The average Bonchev–Trinajstić information content (AvgIpc) is 2.73. The van der Waals surface area contributed by atoms with Gasteiger partial charge in [-0.25, -0.2) is 9.36 Å². The van der Waals surface area contributed by atoms with Crippen molar-refractivity contribution in [3.63, 3.8) is 0 Å². The van der Waals surface area contributed by atoms with E-state index in [0.717, 1.165) is 29.4 Å². The predicted molar refractivity (Wildman–Crippen MR) is 114 cm³/mol. The molecule has 1 fully saturated rings. The first-order chi connectivity index (χ1) is 14.0. The molecule has 0 radical (unpaired) electrons. The van der Waals surface area contributed by atoms with Crippen molar-refractivity contribution in [3.05, 3.63) is 74.9 Å². The third kappa shape index (κ3) is 3.50. The fraction of sp³-hybridized carbons (Fsp3) is 0.348. The van der Waals surface area contributed by atoms with Crippen LogP contribution in [0.1, 0.15) is 31.7 Å². The maximum atomic E-state index is 13.3. The standard InChI is InChI=1S/C23H25N3O3/c1-16-10-12-18(13-11-16)26-22(28)19-8-3-4-9-20(19)25(23(26)29)15-21(27)24-14-6-5-7-17(24)2/h3-4,8-13,17H,5-7,14-15H2,1-2H3/t17-/m0/s1. The van der Waals surface area contributed by atoms with E-state index < -0.39 is 5.69 Å². The van der Waals surface area contributed by atoms with Crippen LogP contribution in [0.15, 0.2) is 58.1 Å². The van der Waals surface area contributed by atoms with E-state index in [4.69, 9.17) is 0 Å². The van der Waals surface area contributed by atoms with Gasteiger partial charge < -0.3 is 4.90 Å². The summed E-state index contributed by atoms with van der Waals surface area (Å²) in [4.78, 5) is 41.3. The molecule has 2 heterocycles. The number of hydrogen-bond acceptors (Lipinski definition) is 3. The molecule has 0 saturated carbocycles. The number of likely N-dealkylation sites (tertiary alicyclic amines) is 1. The molecule has 1 atom stereocenters. The number of amides is 1. The van der Waals surface area contributed by atoms with E-state index in [0.29, 0.717) is 23.1 Å². The zero-order valence-electron chi connectivity index (χ0n) is 16.8. The molecule has 150 valence electrons. The third-order valence-electron chi connectivity index (χ3n) is 5.76. The first-order valence-electron chi connectivity index (χ1n) is 10.1. The maximum absolute atomic E-state index is 13.3. The van der Waals surface area contributed by atoms with Gasteiger partial charge in [-0.1, -0.05) is 29.8 Å². The number of aryl methyl sites for hydroxylation is 1. The summed E-state index contributed by atoms with van der Waals surface area (Å²) in [7, 11) is 0. The summed E-state index contributed by atoms with van der Waals surface area (Å²) in [6.07, 6.45) is 3.07. The van der Waals surface area contributed by atoms with Crippen LogP contribution in [-0.2, 0) is 11.3 Å². The highest BCUT2D eigenvalue weighted by molar-refractivity contribution is 5.82. The van der Waals surface area contributed by atoms with Crippen molar-refractivity contribution in [3.8, 4) is 5.69 Å². The molecule has 4 rings (SSSR count). The van der Waals surface area contributed by atoms with Crippen molar-refractivity contribution >= 4 is 16.8 Å². The van der Waals surface area contributed by atoms with Gasteiger partial charge in [0.15, 0.2) is 0 Å². The van der Waals surface area contributed by atoms with E-state index in [9.17, 15) is 14.4 Å². The number of aromatic nitrogens is 2. The molecule has 2 aromatic carbocycles. The molecule has 6 nitrogen and oxygen atoms in total. The van der Waals surface area contributed by atoms with Gasteiger partial charge >= 0.3 is 5.69 Å². The third-order valence-corrected chi connectivity index (χ3v) is 5.76. The van der Waals surface area contributed by atoms with E-state index in [1.807, 2.05) is 30.9 Å². The minimum absolute atomic E-state index is 0.0736. The Morgan fingerprint density at radius 3 is 2.48 bits per heavy atom. The van der Waals surface area contributed by atoms with Crippen LogP contribution in [0.2, 0.25) is 0 Å². The Hall–Kier alpha value is -3.15. The van der Waals surface area contributed by atoms with Gasteiger partial charge in [-0.3, -0.25) is 14.2 Å². The molecule has 1 amide bonds. The van der Waals surface area contributed by atoms with Crippen molar-refractivity contribution in [1.29, 1.82) is 0 Å². The molecule has 1 aliphatic rings. The van der Waals surface area contributed by atoms with E-state index in [1.165, 1.54) is 4.57 Å². The number of fused-ring (bicyclic) bond motifs is 1. The van der Waals surface area contributed by atoms with Gasteiger partial charge in [0.05, 0.1) is 16.6 Å². The van der Waals surface area contributed by atoms with Crippen molar-refractivity contribution in [2.45, 2.75) is 45.7 Å². The van der Waals surface area contributed by atoms with E-state index in [1.54, 1.807) is 36.4 Å². The van der Waals surface area contributed by atoms with E-state index >= 15 is 0 Å². The lowest BCUT2D eigenvalue weighted by atomic mass is 10.0. The topological polar surface area (TPSA) is 64.3 Å². The lowest BCUT2D eigenvalue weighted by Crippen LogP contribution is -2.46. The molecule has 0 spiro atoms. The molecule has 0 unspecified atom stereocenters. The van der Waals surface area contributed by atoms with Gasteiger partial charge in [-0.15, -0.1) is 0 Å². The van der Waals surface area contributed by atoms with Gasteiger partial charge in [0.25, 0.3) is 5.56 Å². The van der Waals surface area contributed by atoms with E-state index in [-0.39, 0.29) is 24.1 Å². The quantitative estimate of drug-likeness (QED) is 0.690. The van der Waals surface area contributed by atoms with Crippen molar-refractivity contribution < 1.29 is 4.79 Å². The molecule has 0 aliphatic carbocycles. The van der Waals surface area contributed by atoms with Crippen LogP contribution in [-0.4, -0.2) is 32.5 Å². The second-order valence-electron chi connectivity index (χ2n) is 7.79. The van der Waals surface area contributed by atoms with Crippen LogP contribution in [0, 0.1) is 6.92 Å². The number of nitrogens with zero attached hydrogens (tertiary/aromatic N) is 3. The normalized spacial score (nSPS) is 16.9. The number of carbonyl (C=O) groups is 1. The fourth-order valence-electron chi connectivity index (χ4n) is 4.09. The highest BCUT2D eigenvalue weighted by Gasteiger charge is 2.25. The SMILES string of the molecule is Cc1ccc(-n2c(=O)c3ccccc3n(CC(=O)N3CCCC[C@@H]3C)c2=O)cc1. The smallest absolute Gasteiger partial charge is 0.336 e. The van der Waals surface area contributed by atoms with Gasteiger partial charge in [0, 0.05) is 12.6 Å². The zero-order valence-corrected chi connectivity index (χ0v) is 16.8. The van der Waals surface area contributed by atoms with E-state index in [2.05, 4.69) is 0 Å². The highest BCUT2D eigenvalue weighted by atomic mass is 16.2. The second-order valence-corrected chi connectivity index (χ2v) is 7.79. The number of hydrogen-bond donors (Lipinski definition) is 0. The van der Waals surface area contributed by atoms with Crippen LogP contribution in [0.25, 0.3) is 16.6 Å². The summed E-state index contributed by atoms with van der Waals surface area (Å²) in [6, 6.07) is 14.4. The van der Waals surface area contributed by atoms with Crippen LogP contribution in [0.3, 0.4) is 0 Å². The molecular weight excluding hydrogens is 366 g/mol.